The summed E-state index contributed by atoms with van der Waals surface area (Å²) in [5.41, 5.74) is 0. The molecular weight excluding hydrogens is 441 g/mol. The summed E-state index contributed by atoms with van der Waals surface area (Å²) in [6.45, 7) is 12.1. The molecule has 146 valence electrons. The fourth-order valence-corrected chi connectivity index (χ4v) is 2.50. The zero-order valence-electron chi connectivity index (χ0n) is 15.9. The third-order valence-electron chi connectivity index (χ3n) is 3.04. The molecule has 1 atom stereocenters. The van der Waals surface area contributed by atoms with E-state index in [1.54, 1.807) is 7.05 Å². The SMILES string of the molecule is CCCCOCCOCCNC(=NC)NCCS(=O)C(C)(C)C.I. The van der Waals surface area contributed by atoms with Crippen LogP contribution >= 0.6 is 24.0 Å². The summed E-state index contributed by atoms with van der Waals surface area (Å²) in [5.74, 6) is 1.31. The van der Waals surface area contributed by atoms with E-state index >= 15 is 0 Å². The number of unbranched alkanes of at least 4 members (excludes halogenated alkanes) is 1. The van der Waals surface area contributed by atoms with Gasteiger partial charge in [-0.3, -0.25) is 9.20 Å². The highest BCUT2D eigenvalue weighted by molar-refractivity contribution is 14.0. The zero-order chi connectivity index (χ0) is 17.6. The van der Waals surface area contributed by atoms with E-state index in [9.17, 15) is 4.21 Å². The summed E-state index contributed by atoms with van der Waals surface area (Å²) in [6, 6.07) is 0. The lowest BCUT2D eigenvalue weighted by molar-refractivity contribution is 0.0487. The van der Waals surface area contributed by atoms with E-state index < -0.39 is 10.8 Å². The molecule has 2 N–H and O–H groups in total. The van der Waals surface area contributed by atoms with Crippen LogP contribution in [0.15, 0.2) is 4.99 Å². The summed E-state index contributed by atoms with van der Waals surface area (Å²) in [7, 11) is 0.867. The Kier molecular flexibility index (Phi) is 18.1. The average molecular weight is 477 g/mol. The minimum Gasteiger partial charge on any atom is -0.379 e. The standard InChI is InChI=1S/C16H35N3O3S.HI/c1-6-7-10-21-12-13-22-11-8-18-15(17-5)19-9-14-23(20)16(2,3)4;/h6-14H2,1-5H3,(H2,17,18,19);1H. The molecule has 0 aliphatic carbocycles. The quantitative estimate of drug-likeness (QED) is 0.195. The number of guanidine groups is 1. The van der Waals surface area contributed by atoms with E-state index in [2.05, 4.69) is 22.5 Å². The zero-order valence-corrected chi connectivity index (χ0v) is 19.0. The van der Waals surface area contributed by atoms with Gasteiger partial charge in [-0.25, -0.2) is 0 Å². The molecule has 0 saturated carbocycles. The first-order valence-corrected chi connectivity index (χ1v) is 9.72. The number of ether oxygens (including phenoxy) is 2. The molecule has 0 aliphatic rings. The predicted molar refractivity (Wildman–Crippen MR) is 114 cm³/mol. The topological polar surface area (TPSA) is 72.0 Å². The van der Waals surface area contributed by atoms with Gasteiger partial charge in [-0.1, -0.05) is 13.3 Å². The fraction of sp³-hybridized carbons (Fsp3) is 0.938. The van der Waals surface area contributed by atoms with Crippen molar-refractivity contribution in [3.05, 3.63) is 0 Å². The lowest BCUT2D eigenvalue weighted by atomic mass is 10.3. The van der Waals surface area contributed by atoms with Crippen LogP contribution < -0.4 is 10.6 Å². The summed E-state index contributed by atoms with van der Waals surface area (Å²) >= 11 is 0. The van der Waals surface area contributed by atoms with Gasteiger partial charge >= 0.3 is 0 Å². The number of rotatable bonds is 12. The van der Waals surface area contributed by atoms with E-state index in [0.717, 1.165) is 19.4 Å². The van der Waals surface area contributed by atoms with Crippen LogP contribution in [0.25, 0.3) is 0 Å². The number of aliphatic imine (C=N–C) groups is 1. The number of halogens is 1. The Morgan fingerprint density at radius 3 is 2.17 bits per heavy atom. The Labute approximate surface area is 167 Å². The molecule has 0 rings (SSSR count). The fourth-order valence-electron chi connectivity index (χ4n) is 1.60. The van der Waals surface area contributed by atoms with Gasteiger partial charge < -0.3 is 20.1 Å². The monoisotopic (exact) mass is 477 g/mol. The molecule has 0 radical (unpaired) electrons. The van der Waals surface area contributed by atoms with Crippen LogP contribution in [0.5, 0.6) is 0 Å². The second-order valence-electron chi connectivity index (χ2n) is 6.17. The third-order valence-corrected chi connectivity index (χ3v) is 4.98. The first-order chi connectivity index (χ1) is 10.9. The van der Waals surface area contributed by atoms with Crippen LogP contribution in [-0.2, 0) is 20.3 Å². The lowest BCUT2D eigenvalue weighted by Crippen LogP contribution is -2.41. The number of hydrogen-bond donors (Lipinski definition) is 2. The van der Waals surface area contributed by atoms with Gasteiger partial charge in [0.05, 0.1) is 19.8 Å². The molecule has 0 aromatic carbocycles. The Hall–Kier alpha value is 0.0700. The molecule has 0 amide bonds. The molecule has 0 aromatic rings. The van der Waals surface area contributed by atoms with Gasteiger partial charge in [0.2, 0.25) is 0 Å². The van der Waals surface area contributed by atoms with Crippen LogP contribution in [0.2, 0.25) is 0 Å². The van der Waals surface area contributed by atoms with Crippen molar-refractivity contribution < 1.29 is 13.7 Å². The number of hydrogen-bond acceptors (Lipinski definition) is 4. The molecule has 8 heteroatoms. The Balaban J connectivity index is 0. The van der Waals surface area contributed by atoms with Crippen LogP contribution in [-0.4, -0.2) is 67.2 Å². The highest BCUT2D eigenvalue weighted by atomic mass is 127. The normalized spacial score (nSPS) is 13.3. The van der Waals surface area contributed by atoms with Gasteiger partial charge in [-0.15, -0.1) is 24.0 Å². The van der Waals surface area contributed by atoms with Crippen LogP contribution in [0.3, 0.4) is 0 Å². The Morgan fingerprint density at radius 1 is 1.04 bits per heavy atom. The molecule has 0 fully saturated rings. The van der Waals surface area contributed by atoms with E-state index in [1.807, 2.05) is 20.8 Å². The van der Waals surface area contributed by atoms with Crippen LogP contribution in [0, 0.1) is 0 Å². The highest BCUT2D eigenvalue weighted by Gasteiger charge is 2.18. The first kappa shape index (κ1) is 26.3. The highest BCUT2D eigenvalue weighted by Crippen LogP contribution is 2.10. The molecule has 6 nitrogen and oxygen atoms in total. The average Bonchev–Trinajstić information content (AvgIpc) is 2.50. The van der Waals surface area contributed by atoms with Crippen molar-refractivity contribution in [1.82, 2.24) is 10.6 Å². The first-order valence-electron chi connectivity index (χ1n) is 8.40. The number of nitrogens with zero attached hydrogens (tertiary/aromatic N) is 1. The van der Waals surface area contributed by atoms with Crippen molar-refractivity contribution in [2.45, 2.75) is 45.3 Å². The predicted octanol–water partition coefficient (Wildman–Crippen LogP) is 2.15. The molecule has 24 heavy (non-hydrogen) atoms. The van der Waals surface area contributed by atoms with Crippen molar-refractivity contribution in [1.29, 1.82) is 0 Å². The Bertz CT molecular complexity index is 350. The van der Waals surface area contributed by atoms with Crippen molar-refractivity contribution in [2.75, 3.05) is 52.3 Å². The Morgan fingerprint density at radius 2 is 1.62 bits per heavy atom. The maximum absolute atomic E-state index is 11.9. The van der Waals surface area contributed by atoms with Crippen molar-refractivity contribution in [2.24, 2.45) is 4.99 Å². The van der Waals surface area contributed by atoms with E-state index in [-0.39, 0.29) is 28.7 Å². The maximum Gasteiger partial charge on any atom is 0.191 e. The minimum atomic E-state index is -0.853. The molecule has 0 saturated heterocycles. The molecule has 0 heterocycles. The van der Waals surface area contributed by atoms with E-state index in [4.69, 9.17) is 9.47 Å². The van der Waals surface area contributed by atoms with Gasteiger partial charge in [-0.05, 0) is 27.2 Å². The molecule has 0 bridgehead atoms. The molecular formula is C16H36IN3O3S. The second-order valence-corrected chi connectivity index (χ2v) is 8.49. The summed E-state index contributed by atoms with van der Waals surface area (Å²) in [5, 5.41) is 6.33. The summed E-state index contributed by atoms with van der Waals surface area (Å²) < 4.78 is 22.7. The summed E-state index contributed by atoms with van der Waals surface area (Å²) in [6.07, 6.45) is 2.25. The minimum absolute atomic E-state index is 0. The van der Waals surface area contributed by atoms with E-state index in [0.29, 0.717) is 44.6 Å². The summed E-state index contributed by atoms with van der Waals surface area (Å²) in [4.78, 5) is 4.13. The van der Waals surface area contributed by atoms with Gasteiger partial charge in [0.25, 0.3) is 0 Å². The molecule has 0 aromatic heterocycles. The molecule has 0 aliphatic heterocycles. The van der Waals surface area contributed by atoms with Gasteiger partial charge in [-0.2, -0.15) is 0 Å². The van der Waals surface area contributed by atoms with Crippen molar-refractivity contribution in [3.8, 4) is 0 Å². The maximum atomic E-state index is 11.9. The van der Waals surface area contributed by atoms with Gasteiger partial charge in [0.1, 0.15) is 0 Å². The largest absolute Gasteiger partial charge is 0.379 e. The van der Waals surface area contributed by atoms with Crippen molar-refractivity contribution in [3.63, 3.8) is 0 Å². The molecule has 0 spiro atoms. The lowest BCUT2D eigenvalue weighted by Gasteiger charge is -2.18. The van der Waals surface area contributed by atoms with E-state index in [1.165, 1.54) is 0 Å². The van der Waals surface area contributed by atoms with Gasteiger partial charge in [0.15, 0.2) is 5.96 Å². The van der Waals surface area contributed by atoms with Crippen LogP contribution in [0.1, 0.15) is 40.5 Å². The number of nitrogens with one attached hydrogen (secondary N) is 2. The van der Waals surface area contributed by atoms with Gasteiger partial charge in [0, 0.05) is 48.0 Å². The van der Waals surface area contributed by atoms with Crippen molar-refractivity contribution >= 4 is 40.7 Å². The van der Waals surface area contributed by atoms with Crippen LogP contribution in [0.4, 0.5) is 0 Å². The third kappa shape index (κ3) is 15.6. The smallest absolute Gasteiger partial charge is 0.191 e. The molecule has 1 unspecified atom stereocenters. The second kappa shape index (κ2) is 16.5.